The summed E-state index contributed by atoms with van der Waals surface area (Å²) < 4.78 is 4.86. The summed E-state index contributed by atoms with van der Waals surface area (Å²) in [7, 11) is 0. The van der Waals surface area contributed by atoms with Gasteiger partial charge < -0.3 is 19.8 Å². The molecule has 0 unspecified atom stereocenters. The molecule has 0 saturated heterocycles. The summed E-state index contributed by atoms with van der Waals surface area (Å²) >= 11 is 0. The molecule has 1 heterocycles. The summed E-state index contributed by atoms with van der Waals surface area (Å²) in [6.45, 7) is 5.13. The van der Waals surface area contributed by atoms with Gasteiger partial charge in [0.1, 0.15) is 18.0 Å². The Morgan fingerprint density at radius 2 is 2.22 bits per heavy atom. The number of hydrogen-bond acceptors (Lipinski definition) is 4. The topological polar surface area (TPSA) is 95.7 Å². The third kappa shape index (κ3) is 4.08. The van der Waals surface area contributed by atoms with Gasteiger partial charge >= 0.3 is 12.0 Å². The lowest BCUT2D eigenvalue weighted by atomic mass is 10.3. The fourth-order valence-electron chi connectivity index (χ4n) is 1.40. The Hall–Kier alpha value is -2.05. The number of carbonyl (C=O) groups is 2. The van der Waals surface area contributed by atoms with Gasteiger partial charge in [0.25, 0.3) is 0 Å². The van der Waals surface area contributed by atoms with Crippen molar-refractivity contribution in [1.82, 2.24) is 15.4 Å². The minimum Gasteiger partial charge on any atom is -0.480 e. The largest absolute Gasteiger partial charge is 0.480 e. The maximum Gasteiger partial charge on any atom is 0.323 e. The van der Waals surface area contributed by atoms with Crippen molar-refractivity contribution in [2.45, 2.75) is 33.4 Å². The van der Waals surface area contributed by atoms with Crippen LogP contribution in [0, 0.1) is 6.92 Å². The van der Waals surface area contributed by atoms with Gasteiger partial charge in [0.2, 0.25) is 0 Å². The molecule has 0 aliphatic rings. The molecule has 0 aliphatic carbocycles. The fourth-order valence-corrected chi connectivity index (χ4v) is 1.40. The van der Waals surface area contributed by atoms with Crippen LogP contribution in [-0.4, -0.2) is 39.8 Å². The Morgan fingerprint density at radius 1 is 1.56 bits per heavy atom. The highest BCUT2D eigenvalue weighted by Crippen LogP contribution is 2.03. The number of urea groups is 1. The normalized spacial score (nSPS) is 10.4. The molecular weight excluding hydrogens is 238 g/mol. The molecule has 2 amide bonds. The first kappa shape index (κ1) is 14.0. The van der Waals surface area contributed by atoms with Gasteiger partial charge in [-0.2, -0.15) is 0 Å². The molecule has 0 saturated carbocycles. The third-order valence-electron chi connectivity index (χ3n) is 2.29. The number of rotatable bonds is 5. The SMILES string of the molecule is Cc1cc(CNC(=O)N(CC(=O)O)C(C)C)no1. The van der Waals surface area contributed by atoms with E-state index in [-0.39, 0.29) is 19.1 Å². The number of nitrogens with one attached hydrogen (secondary N) is 1. The number of aromatic nitrogens is 1. The number of aryl methyl sites for hydroxylation is 1. The predicted molar refractivity (Wildman–Crippen MR) is 63.0 cm³/mol. The summed E-state index contributed by atoms with van der Waals surface area (Å²) in [5, 5.41) is 15.0. The van der Waals surface area contributed by atoms with E-state index in [1.807, 2.05) is 0 Å². The number of carboxylic acid groups (broad SMARTS) is 1. The molecule has 0 aromatic carbocycles. The first-order chi connectivity index (χ1) is 8.40. The zero-order valence-corrected chi connectivity index (χ0v) is 10.6. The lowest BCUT2D eigenvalue weighted by Crippen LogP contribution is -2.46. The first-order valence-electron chi connectivity index (χ1n) is 5.58. The molecule has 1 aromatic heterocycles. The zero-order chi connectivity index (χ0) is 13.7. The highest BCUT2D eigenvalue weighted by molar-refractivity contribution is 5.80. The van der Waals surface area contributed by atoms with Crippen LogP contribution >= 0.6 is 0 Å². The van der Waals surface area contributed by atoms with E-state index in [4.69, 9.17) is 9.63 Å². The molecular formula is C11H17N3O4. The van der Waals surface area contributed by atoms with Gasteiger partial charge in [0.15, 0.2) is 0 Å². The lowest BCUT2D eigenvalue weighted by molar-refractivity contribution is -0.138. The standard InChI is InChI=1S/C11H17N3O4/c1-7(2)14(6-10(15)16)11(17)12-5-9-4-8(3)18-13-9/h4,7H,5-6H2,1-3H3,(H,12,17)(H,15,16). The van der Waals surface area contributed by atoms with E-state index in [2.05, 4.69) is 10.5 Å². The quantitative estimate of drug-likeness (QED) is 0.817. The second-order valence-electron chi connectivity index (χ2n) is 4.20. The molecule has 0 bridgehead atoms. The molecule has 1 aromatic rings. The van der Waals surface area contributed by atoms with Crippen molar-refractivity contribution >= 4 is 12.0 Å². The van der Waals surface area contributed by atoms with Crippen molar-refractivity contribution in [2.75, 3.05) is 6.54 Å². The van der Waals surface area contributed by atoms with Gasteiger partial charge in [-0.1, -0.05) is 5.16 Å². The molecule has 0 radical (unpaired) electrons. The van der Waals surface area contributed by atoms with Crippen LogP contribution in [0.1, 0.15) is 25.3 Å². The van der Waals surface area contributed by atoms with Gasteiger partial charge in [-0.05, 0) is 20.8 Å². The molecule has 0 fully saturated rings. The smallest absolute Gasteiger partial charge is 0.323 e. The summed E-state index contributed by atoms with van der Waals surface area (Å²) in [6.07, 6.45) is 0. The molecule has 0 aliphatic heterocycles. The van der Waals surface area contributed by atoms with Crippen molar-refractivity contribution in [3.63, 3.8) is 0 Å². The van der Waals surface area contributed by atoms with Gasteiger partial charge in [-0.25, -0.2) is 4.79 Å². The van der Waals surface area contributed by atoms with Gasteiger partial charge in [0, 0.05) is 12.1 Å². The van der Waals surface area contributed by atoms with Crippen LogP contribution in [-0.2, 0) is 11.3 Å². The Balaban J connectivity index is 2.53. The molecule has 2 N–H and O–H groups in total. The van der Waals surface area contributed by atoms with Crippen molar-refractivity contribution < 1.29 is 19.2 Å². The maximum absolute atomic E-state index is 11.8. The van der Waals surface area contributed by atoms with E-state index in [0.717, 1.165) is 0 Å². The predicted octanol–water partition coefficient (Wildman–Crippen LogP) is 0.988. The summed E-state index contributed by atoms with van der Waals surface area (Å²) in [5.74, 6) is -0.387. The zero-order valence-electron chi connectivity index (χ0n) is 10.6. The Kier molecular flexibility index (Phi) is 4.70. The van der Waals surface area contributed by atoms with Crippen molar-refractivity contribution in [1.29, 1.82) is 0 Å². The minimum atomic E-state index is -1.05. The Labute approximate surface area is 105 Å². The molecule has 0 atom stereocenters. The molecule has 7 heteroatoms. The van der Waals surface area contributed by atoms with Crippen LogP contribution in [0.15, 0.2) is 10.6 Å². The van der Waals surface area contributed by atoms with E-state index >= 15 is 0 Å². The van der Waals surface area contributed by atoms with Crippen LogP contribution in [0.3, 0.4) is 0 Å². The van der Waals surface area contributed by atoms with E-state index in [9.17, 15) is 9.59 Å². The molecule has 1 rings (SSSR count). The second kappa shape index (κ2) is 6.04. The van der Waals surface area contributed by atoms with Crippen molar-refractivity contribution in [3.8, 4) is 0 Å². The number of amides is 2. The highest BCUT2D eigenvalue weighted by atomic mass is 16.5. The maximum atomic E-state index is 11.8. The van der Waals surface area contributed by atoms with E-state index in [1.54, 1.807) is 26.8 Å². The summed E-state index contributed by atoms with van der Waals surface area (Å²) in [6, 6.07) is 1.07. The van der Waals surface area contributed by atoms with Crippen LogP contribution < -0.4 is 5.32 Å². The number of hydrogen-bond donors (Lipinski definition) is 2. The average molecular weight is 255 g/mol. The Bertz CT molecular complexity index is 428. The number of aliphatic carboxylic acids is 1. The average Bonchev–Trinajstić information content (AvgIpc) is 2.68. The van der Waals surface area contributed by atoms with Gasteiger partial charge in [-0.15, -0.1) is 0 Å². The summed E-state index contributed by atoms with van der Waals surface area (Å²) in [5.41, 5.74) is 0.597. The lowest BCUT2D eigenvalue weighted by Gasteiger charge is -2.24. The molecule has 18 heavy (non-hydrogen) atoms. The number of carboxylic acids is 1. The van der Waals surface area contributed by atoms with Gasteiger partial charge in [-0.3, -0.25) is 4.79 Å². The molecule has 7 nitrogen and oxygen atoms in total. The Morgan fingerprint density at radius 3 is 2.67 bits per heavy atom. The monoisotopic (exact) mass is 255 g/mol. The van der Waals surface area contributed by atoms with Gasteiger partial charge in [0.05, 0.1) is 6.54 Å². The van der Waals surface area contributed by atoms with E-state index in [0.29, 0.717) is 11.5 Å². The second-order valence-corrected chi connectivity index (χ2v) is 4.20. The minimum absolute atomic E-state index is 0.194. The fraction of sp³-hybridized carbons (Fsp3) is 0.545. The number of carbonyl (C=O) groups excluding carboxylic acids is 1. The molecule has 100 valence electrons. The summed E-state index contributed by atoms with van der Waals surface area (Å²) in [4.78, 5) is 23.7. The van der Waals surface area contributed by atoms with E-state index < -0.39 is 12.0 Å². The van der Waals surface area contributed by atoms with Crippen LogP contribution in [0.2, 0.25) is 0 Å². The third-order valence-corrected chi connectivity index (χ3v) is 2.29. The van der Waals surface area contributed by atoms with E-state index in [1.165, 1.54) is 4.90 Å². The number of nitrogens with zero attached hydrogens (tertiary/aromatic N) is 2. The molecule has 0 spiro atoms. The van der Waals surface area contributed by atoms with Crippen molar-refractivity contribution in [2.24, 2.45) is 0 Å². The van der Waals surface area contributed by atoms with Crippen LogP contribution in [0.25, 0.3) is 0 Å². The highest BCUT2D eigenvalue weighted by Gasteiger charge is 2.19. The van der Waals surface area contributed by atoms with Crippen LogP contribution in [0.5, 0.6) is 0 Å². The van der Waals surface area contributed by atoms with Crippen molar-refractivity contribution in [3.05, 3.63) is 17.5 Å². The first-order valence-corrected chi connectivity index (χ1v) is 5.58. The van der Waals surface area contributed by atoms with Crippen LogP contribution in [0.4, 0.5) is 4.79 Å².